The number of hydrogen-bond donors (Lipinski definition) is 1. The summed E-state index contributed by atoms with van der Waals surface area (Å²) in [6, 6.07) is 7.78. The molecule has 6 heteroatoms. The Bertz CT molecular complexity index is 617. The van der Waals surface area contributed by atoms with E-state index < -0.39 is 5.54 Å². The Morgan fingerprint density at radius 2 is 1.95 bits per heavy atom. The third-order valence-corrected chi connectivity index (χ3v) is 2.77. The molecule has 2 aromatic rings. The van der Waals surface area contributed by atoms with E-state index in [1.807, 2.05) is 24.1 Å². The van der Waals surface area contributed by atoms with Gasteiger partial charge in [0.1, 0.15) is 23.5 Å². The summed E-state index contributed by atoms with van der Waals surface area (Å²) in [5.74, 6) is 1.35. The van der Waals surface area contributed by atoms with Crippen molar-refractivity contribution in [1.82, 2.24) is 15.0 Å². The molecule has 2 rings (SSSR count). The van der Waals surface area contributed by atoms with E-state index in [0.29, 0.717) is 5.82 Å². The Labute approximate surface area is 118 Å². The number of nitrogens with one attached hydrogen (secondary N) is 1. The zero-order valence-electron chi connectivity index (χ0n) is 11.7. The SMILES string of the molecule is CN(c1ccncc1)c1cc(NC(C)(C)C#N)ncn1. The number of aromatic nitrogens is 3. The maximum Gasteiger partial charge on any atom is 0.138 e. The number of nitrogens with zero attached hydrogens (tertiary/aromatic N) is 5. The average molecular weight is 268 g/mol. The van der Waals surface area contributed by atoms with Crippen molar-refractivity contribution >= 4 is 17.3 Å². The molecule has 102 valence electrons. The van der Waals surface area contributed by atoms with Crippen molar-refractivity contribution in [2.75, 3.05) is 17.3 Å². The lowest BCUT2D eigenvalue weighted by molar-refractivity contribution is 0.722. The van der Waals surface area contributed by atoms with Gasteiger partial charge in [-0.1, -0.05) is 0 Å². The molecule has 0 radical (unpaired) electrons. The van der Waals surface area contributed by atoms with Crippen molar-refractivity contribution in [3.63, 3.8) is 0 Å². The number of anilines is 3. The van der Waals surface area contributed by atoms with Gasteiger partial charge in [-0.25, -0.2) is 9.97 Å². The van der Waals surface area contributed by atoms with Gasteiger partial charge in [0.25, 0.3) is 0 Å². The minimum absolute atomic E-state index is 0.613. The second kappa shape index (κ2) is 5.53. The molecule has 1 N–H and O–H groups in total. The fourth-order valence-electron chi connectivity index (χ4n) is 1.65. The van der Waals surface area contributed by atoms with Gasteiger partial charge >= 0.3 is 0 Å². The molecular formula is C14H16N6. The van der Waals surface area contributed by atoms with Gasteiger partial charge in [-0.2, -0.15) is 5.26 Å². The summed E-state index contributed by atoms with van der Waals surface area (Å²) in [6.07, 6.45) is 4.93. The summed E-state index contributed by atoms with van der Waals surface area (Å²) < 4.78 is 0. The maximum absolute atomic E-state index is 9.04. The van der Waals surface area contributed by atoms with Gasteiger partial charge in [0.05, 0.1) is 6.07 Å². The predicted molar refractivity (Wildman–Crippen MR) is 77.6 cm³/mol. The lowest BCUT2D eigenvalue weighted by Gasteiger charge is -2.21. The van der Waals surface area contributed by atoms with Gasteiger partial charge in [-0.3, -0.25) is 4.98 Å². The highest BCUT2D eigenvalue weighted by atomic mass is 15.2. The highest BCUT2D eigenvalue weighted by Gasteiger charge is 2.17. The zero-order chi connectivity index (χ0) is 14.6. The van der Waals surface area contributed by atoms with Gasteiger partial charge in [0.15, 0.2) is 0 Å². The fraction of sp³-hybridized carbons (Fsp3) is 0.286. The summed E-state index contributed by atoms with van der Waals surface area (Å²) in [7, 11) is 1.91. The number of hydrogen-bond acceptors (Lipinski definition) is 6. The van der Waals surface area contributed by atoms with Crippen LogP contribution in [-0.2, 0) is 0 Å². The largest absolute Gasteiger partial charge is 0.352 e. The number of nitriles is 1. The van der Waals surface area contributed by atoms with Gasteiger partial charge < -0.3 is 10.2 Å². The molecule has 0 aliphatic rings. The van der Waals surface area contributed by atoms with Crippen molar-refractivity contribution in [2.45, 2.75) is 19.4 Å². The van der Waals surface area contributed by atoms with Crippen LogP contribution in [0.15, 0.2) is 36.9 Å². The minimum atomic E-state index is -0.680. The average Bonchev–Trinajstić information content (AvgIpc) is 2.47. The Balaban J connectivity index is 2.25. The standard InChI is InChI=1S/C14H16N6/c1-14(2,9-15)19-12-8-13(18-10-17-12)20(3)11-4-6-16-7-5-11/h4-8,10H,1-3H3,(H,17,18,19). The Morgan fingerprint density at radius 3 is 2.60 bits per heavy atom. The first-order chi connectivity index (χ1) is 9.52. The molecule has 6 nitrogen and oxygen atoms in total. The molecule has 0 saturated heterocycles. The summed E-state index contributed by atoms with van der Waals surface area (Å²) in [6.45, 7) is 3.59. The first kappa shape index (κ1) is 13.7. The van der Waals surface area contributed by atoms with E-state index in [2.05, 4.69) is 26.3 Å². The van der Waals surface area contributed by atoms with E-state index in [0.717, 1.165) is 11.5 Å². The molecule has 0 aromatic carbocycles. The third kappa shape index (κ3) is 3.20. The van der Waals surface area contributed by atoms with E-state index in [-0.39, 0.29) is 0 Å². The molecule has 20 heavy (non-hydrogen) atoms. The molecule has 0 saturated carbocycles. The normalized spacial score (nSPS) is 10.7. The number of pyridine rings is 1. The lowest BCUT2D eigenvalue weighted by Crippen LogP contribution is -2.29. The summed E-state index contributed by atoms with van der Waals surface area (Å²) in [5.41, 5.74) is 0.296. The number of rotatable bonds is 4. The topological polar surface area (TPSA) is 77.7 Å². The smallest absolute Gasteiger partial charge is 0.138 e. The summed E-state index contributed by atoms with van der Waals surface area (Å²) >= 11 is 0. The second-order valence-corrected chi connectivity index (χ2v) is 4.89. The molecule has 0 amide bonds. The lowest BCUT2D eigenvalue weighted by atomic mass is 10.1. The van der Waals surface area contributed by atoms with Crippen molar-refractivity contribution < 1.29 is 0 Å². The molecule has 2 heterocycles. The van der Waals surface area contributed by atoms with Crippen LogP contribution in [-0.4, -0.2) is 27.5 Å². The van der Waals surface area contributed by atoms with E-state index >= 15 is 0 Å². The highest BCUT2D eigenvalue weighted by Crippen LogP contribution is 2.22. The van der Waals surface area contributed by atoms with Gasteiger partial charge in [-0.05, 0) is 26.0 Å². The van der Waals surface area contributed by atoms with Crippen LogP contribution < -0.4 is 10.2 Å². The molecule has 0 aliphatic carbocycles. The third-order valence-electron chi connectivity index (χ3n) is 2.77. The Hall–Kier alpha value is -2.68. The van der Waals surface area contributed by atoms with E-state index in [4.69, 9.17) is 5.26 Å². The van der Waals surface area contributed by atoms with Crippen LogP contribution in [0.25, 0.3) is 0 Å². The monoisotopic (exact) mass is 268 g/mol. The summed E-state index contributed by atoms with van der Waals surface area (Å²) in [4.78, 5) is 14.3. The summed E-state index contributed by atoms with van der Waals surface area (Å²) in [5, 5.41) is 12.1. The Morgan fingerprint density at radius 1 is 1.25 bits per heavy atom. The molecule has 2 aromatic heterocycles. The van der Waals surface area contributed by atoms with Crippen LogP contribution in [0.4, 0.5) is 17.3 Å². The van der Waals surface area contributed by atoms with Crippen molar-refractivity contribution in [3.05, 3.63) is 36.9 Å². The molecule has 0 fully saturated rings. The zero-order valence-corrected chi connectivity index (χ0v) is 11.7. The molecular weight excluding hydrogens is 252 g/mol. The predicted octanol–water partition coefficient (Wildman–Crippen LogP) is 2.35. The molecule has 0 spiro atoms. The van der Waals surface area contributed by atoms with Crippen LogP contribution in [0.1, 0.15) is 13.8 Å². The molecule has 0 atom stereocenters. The Kier molecular flexibility index (Phi) is 3.80. The van der Waals surface area contributed by atoms with Crippen LogP contribution in [0.2, 0.25) is 0 Å². The first-order valence-corrected chi connectivity index (χ1v) is 6.17. The van der Waals surface area contributed by atoms with Gasteiger partial charge in [0, 0.05) is 31.2 Å². The fourth-order valence-corrected chi connectivity index (χ4v) is 1.65. The van der Waals surface area contributed by atoms with Gasteiger partial charge in [0.2, 0.25) is 0 Å². The van der Waals surface area contributed by atoms with E-state index in [9.17, 15) is 0 Å². The molecule has 0 aliphatic heterocycles. The van der Waals surface area contributed by atoms with Crippen molar-refractivity contribution in [3.8, 4) is 6.07 Å². The van der Waals surface area contributed by atoms with Crippen molar-refractivity contribution in [2.24, 2.45) is 0 Å². The second-order valence-electron chi connectivity index (χ2n) is 4.89. The van der Waals surface area contributed by atoms with Crippen LogP contribution in [0.3, 0.4) is 0 Å². The van der Waals surface area contributed by atoms with E-state index in [1.54, 1.807) is 32.3 Å². The highest BCUT2D eigenvalue weighted by molar-refractivity contribution is 5.61. The minimum Gasteiger partial charge on any atom is -0.352 e. The first-order valence-electron chi connectivity index (χ1n) is 6.17. The molecule has 0 bridgehead atoms. The van der Waals surface area contributed by atoms with Crippen LogP contribution in [0, 0.1) is 11.3 Å². The van der Waals surface area contributed by atoms with Crippen molar-refractivity contribution in [1.29, 1.82) is 5.26 Å². The maximum atomic E-state index is 9.04. The molecule has 0 unspecified atom stereocenters. The van der Waals surface area contributed by atoms with Gasteiger partial charge in [-0.15, -0.1) is 0 Å². The van der Waals surface area contributed by atoms with Crippen LogP contribution >= 0.6 is 0 Å². The van der Waals surface area contributed by atoms with Crippen LogP contribution in [0.5, 0.6) is 0 Å². The quantitative estimate of drug-likeness (QED) is 0.917. The van der Waals surface area contributed by atoms with E-state index in [1.165, 1.54) is 6.33 Å².